The van der Waals surface area contributed by atoms with Crippen LogP contribution < -0.4 is 14.6 Å². The van der Waals surface area contributed by atoms with Gasteiger partial charge in [-0.15, -0.1) is 0 Å². The summed E-state index contributed by atoms with van der Waals surface area (Å²) in [6.07, 6.45) is 5.04. The second-order valence-corrected chi connectivity index (χ2v) is 11.6. The van der Waals surface area contributed by atoms with E-state index in [4.69, 9.17) is 0 Å². The van der Waals surface area contributed by atoms with Crippen molar-refractivity contribution in [1.29, 1.82) is 0 Å². The molecular formula is C29H32N2O4S2. The summed E-state index contributed by atoms with van der Waals surface area (Å²) < 4.78 is 3.23. The quantitative estimate of drug-likeness (QED) is 0.375. The van der Waals surface area contributed by atoms with Gasteiger partial charge in [-0.25, -0.2) is 0 Å². The fourth-order valence-electron chi connectivity index (χ4n) is 4.36. The number of fused-ring (bicyclic) bond motifs is 2. The molecule has 8 heteroatoms. The Bertz CT molecular complexity index is 1450. The van der Waals surface area contributed by atoms with Crippen LogP contribution in [0.25, 0.3) is 16.3 Å². The number of carbonyl (C=O) groups excluding carboxylic acids is 1. The first kappa shape index (κ1) is 26.9. The molecule has 0 saturated heterocycles. The molecule has 1 aromatic heterocycles. The molecule has 0 atom stereocenters. The maximum Gasteiger partial charge on any atom is 0.309 e. The first-order chi connectivity index (χ1) is 17.6. The molecule has 0 spiro atoms. The van der Waals surface area contributed by atoms with Crippen LogP contribution in [0, 0.1) is 27.7 Å². The lowest BCUT2D eigenvalue weighted by Gasteiger charge is -2.21. The third-order valence-electron chi connectivity index (χ3n) is 6.81. The van der Waals surface area contributed by atoms with Gasteiger partial charge in [0.2, 0.25) is 5.52 Å². The second kappa shape index (κ2) is 11.1. The van der Waals surface area contributed by atoms with Crippen molar-refractivity contribution in [3.05, 3.63) is 68.2 Å². The maximum absolute atomic E-state index is 11.4. The average molecular weight is 537 g/mol. The molecule has 1 aliphatic heterocycles. The van der Waals surface area contributed by atoms with E-state index in [0.29, 0.717) is 13.1 Å². The highest BCUT2D eigenvalue weighted by Gasteiger charge is 2.27. The van der Waals surface area contributed by atoms with Gasteiger partial charge in [0.05, 0.1) is 10.7 Å². The zero-order valence-corrected chi connectivity index (χ0v) is 23.5. The molecule has 1 N–H and O–H groups in total. The number of rotatable bonds is 9. The minimum Gasteiger partial charge on any atom is -0.550 e. The second-order valence-electron chi connectivity index (χ2n) is 9.48. The smallest absolute Gasteiger partial charge is 0.309 e. The summed E-state index contributed by atoms with van der Waals surface area (Å²) in [5.74, 6) is -1.89. The Hall–Kier alpha value is -3.10. The number of carbonyl (C=O) groups is 2. The lowest BCUT2D eigenvalue weighted by Crippen LogP contribution is -2.36. The van der Waals surface area contributed by atoms with Gasteiger partial charge >= 0.3 is 5.97 Å². The number of benzene rings is 2. The zero-order chi connectivity index (χ0) is 26.9. The Morgan fingerprint density at radius 2 is 1.70 bits per heavy atom. The summed E-state index contributed by atoms with van der Waals surface area (Å²) >= 11 is 3.32. The van der Waals surface area contributed by atoms with Crippen molar-refractivity contribution in [3.63, 3.8) is 0 Å². The molecule has 0 bridgehead atoms. The lowest BCUT2D eigenvalue weighted by atomic mass is 10.1. The molecule has 2 heterocycles. The van der Waals surface area contributed by atoms with E-state index >= 15 is 0 Å². The van der Waals surface area contributed by atoms with Gasteiger partial charge in [0.1, 0.15) is 11.1 Å². The van der Waals surface area contributed by atoms with Crippen LogP contribution in [0.4, 0.5) is 5.69 Å². The van der Waals surface area contributed by atoms with E-state index in [-0.39, 0.29) is 12.8 Å². The number of carboxylic acid groups (broad SMARTS) is 2. The molecular weight excluding hydrogens is 504 g/mol. The van der Waals surface area contributed by atoms with Crippen LogP contribution in [0.5, 0.6) is 0 Å². The summed E-state index contributed by atoms with van der Waals surface area (Å²) in [5, 5.41) is 22.6. The van der Waals surface area contributed by atoms with E-state index in [1.54, 1.807) is 23.1 Å². The van der Waals surface area contributed by atoms with E-state index in [9.17, 15) is 19.8 Å². The zero-order valence-electron chi connectivity index (χ0n) is 21.9. The number of allylic oxidation sites excluding steroid dienone is 2. The van der Waals surface area contributed by atoms with Crippen molar-refractivity contribution in [2.24, 2.45) is 0 Å². The normalized spacial score (nSPS) is 14.6. The lowest BCUT2D eigenvalue weighted by molar-refractivity contribution is -0.667. The topological polar surface area (TPSA) is 84.5 Å². The Labute approximate surface area is 225 Å². The predicted molar refractivity (Wildman–Crippen MR) is 149 cm³/mol. The van der Waals surface area contributed by atoms with Crippen LogP contribution in [-0.4, -0.2) is 23.6 Å². The summed E-state index contributed by atoms with van der Waals surface area (Å²) in [5.41, 5.74) is 7.92. The maximum atomic E-state index is 11.4. The predicted octanol–water partition coefficient (Wildman–Crippen LogP) is 5.28. The molecule has 0 unspecified atom stereocenters. The largest absolute Gasteiger partial charge is 0.550 e. The van der Waals surface area contributed by atoms with Gasteiger partial charge in [0, 0.05) is 36.0 Å². The summed E-state index contributed by atoms with van der Waals surface area (Å²) in [6.45, 7) is 11.1. The highest BCUT2D eigenvalue weighted by Crippen LogP contribution is 2.47. The van der Waals surface area contributed by atoms with Crippen molar-refractivity contribution in [3.8, 4) is 0 Å². The number of aryl methyl sites for hydroxylation is 5. The van der Waals surface area contributed by atoms with Crippen LogP contribution in [0.2, 0.25) is 0 Å². The van der Waals surface area contributed by atoms with Gasteiger partial charge in [-0.3, -0.25) is 4.79 Å². The number of thiazole rings is 1. The molecule has 0 radical (unpaired) electrons. The number of hydrogen-bond acceptors (Lipinski definition) is 6. The standard InChI is InChI=1S/C29H32N2O4S2/c1-6-21(15-26-30(9-7-28(32)33)22-11-17(2)19(4)13-24(22)36-26)16-27-31(10-8-29(34)35)23-12-18(3)20(5)14-25(23)37-27/h11-16H,6-10H2,1-5H3,(H-,32,33,34,35). The molecule has 37 heavy (non-hydrogen) atoms. The van der Waals surface area contributed by atoms with Crippen LogP contribution >= 0.6 is 23.1 Å². The molecule has 0 amide bonds. The van der Waals surface area contributed by atoms with Crippen molar-refractivity contribution in [1.82, 2.24) is 0 Å². The molecule has 0 aliphatic carbocycles. The molecule has 0 saturated carbocycles. The van der Waals surface area contributed by atoms with Crippen LogP contribution in [0.3, 0.4) is 0 Å². The Morgan fingerprint density at radius 3 is 2.38 bits per heavy atom. The van der Waals surface area contributed by atoms with Crippen molar-refractivity contribution in [2.45, 2.75) is 65.3 Å². The Kier molecular flexibility index (Phi) is 8.09. The average Bonchev–Trinajstić information content (AvgIpc) is 3.32. The van der Waals surface area contributed by atoms with Crippen molar-refractivity contribution in [2.75, 3.05) is 11.4 Å². The van der Waals surface area contributed by atoms with Gasteiger partial charge in [-0.2, -0.15) is 4.57 Å². The van der Waals surface area contributed by atoms with Crippen molar-refractivity contribution < 1.29 is 24.4 Å². The van der Waals surface area contributed by atoms with Gasteiger partial charge in [-0.05, 0) is 86.2 Å². The van der Waals surface area contributed by atoms with Gasteiger partial charge in [-0.1, -0.05) is 30.0 Å². The van der Waals surface area contributed by atoms with Gasteiger partial charge in [0.15, 0.2) is 6.54 Å². The van der Waals surface area contributed by atoms with E-state index in [0.717, 1.165) is 42.8 Å². The molecule has 2 aromatic carbocycles. The minimum atomic E-state index is -1.07. The summed E-state index contributed by atoms with van der Waals surface area (Å²) in [6, 6.07) is 8.59. The van der Waals surface area contributed by atoms with E-state index in [1.165, 1.54) is 22.3 Å². The highest BCUT2D eigenvalue weighted by molar-refractivity contribution is 8.03. The SMILES string of the molecule is CCC(=C/c1sc2cc(C)c(C)cc2[n+]1CCC(=O)O)/C=C1/Sc2cc(C)c(C)cc2N1CCC(=O)[O-]. The third kappa shape index (κ3) is 5.91. The van der Waals surface area contributed by atoms with Crippen LogP contribution in [-0.2, 0) is 16.1 Å². The number of anilines is 1. The molecule has 3 aromatic rings. The Morgan fingerprint density at radius 1 is 1.03 bits per heavy atom. The fourth-order valence-corrected chi connectivity index (χ4v) is 6.85. The van der Waals surface area contributed by atoms with Crippen LogP contribution in [0.1, 0.15) is 53.4 Å². The molecule has 194 valence electrons. The summed E-state index contributed by atoms with van der Waals surface area (Å²) in [7, 11) is 0. The molecule has 4 rings (SSSR count). The van der Waals surface area contributed by atoms with Gasteiger partial charge in [0.25, 0.3) is 5.01 Å². The minimum absolute atomic E-state index is 0.0493. The number of hydrogen-bond donors (Lipinski definition) is 1. The highest BCUT2D eigenvalue weighted by atomic mass is 32.2. The van der Waals surface area contributed by atoms with Crippen molar-refractivity contribution >= 4 is 57.0 Å². The van der Waals surface area contributed by atoms with Crippen LogP contribution in [0.15, 0.2) is 45.8 Å². The summed E-state index contributed by atoms with van der Waals surface area (Å²) in [4.78, 5) is 25.8. The number of aliphatic carboxylic acids is 2. The van der Waals surface area contributed by atoms with E-state index < -0.39 is 11.9 Å². The number of thioether (sulfide) groups is 1. The molecule has 0 fully saturated rings. The Balaban J connectivity index is 1.78. The fraction of sp³-hybridized carbons (Fsp3) is 0.345. The number of nitrogens with zero attached hydrogens (tertiary/aromatic N) is 2. The monoisotopic (exact) mass is 536 g/mol. The van der Waals surface area contributed by atoms with E-state index in [2.05, 4.69) is 80.5 Å². The number of carboxylic acids is 2. The first-order valence-corrected chi connectivity index (χ1v) is 14.0. The molecule has 1 aliphatic rings. The first-order valence-electron chi connectivity index (χ1n) is 12.4. The van der Waals surface area contributed by atoms with E-state index in [1.807, 2.05) is 0 Å². The third-order valence-corrected chi connectivity index (χ3v) is 9.00. The number of aromatic nitrogens is 1. The molecule has 6 nitrogen and oxygen atoms in total. The van der Waals surface area contributed by atoms with Gasteiger partial charge < -0.3 is 19.9 Å².